The standard InChI is InChI=1S/C17H29NO2/c1-5-14(6-2)11-18(7-3)12-16-10-15(13-19)8-9-17(16)20-4/h8-10,14,19H,5-7,11-13H2,1-4H3. The Morgan fingerprint density at radius 3 is 2.40 bits per heavy atom. The maximum absolute atomic E-state index is 9.28. The van der Waals surface area contributed by atoms with Crippen molar-refractivity contribution in [3.05, 3.63) is 29.3 Å². The van der Waals surface area contributed by atoms with Crippen LogP contribution in [0, 0.1) is 5.92 Å². The molecule has 114 valence electrons. The Labute approximate surface area is 123 Å². The van der Waals surface area contributed by atoms with Crippen LogP contribution in [-0.2, 0) is 13.2 Å². The Morgan fingerprint density at radius 2 is 1.90 bits per heavy atom. The van der Waals surface area contributed by atoms with Crippen molar-refractivity contribution in [2.45, 2.75) is 46.8 Å². The predicted molar refractivity (Wildman–Crippen MR) is 83.9 cm³/mol. The van der Waals surface area contributed by atoms with Gasteiger partial charge in [-0.1, -0.05) is 39.7 Å². The quantitative estimate of drug-likeness (QED) is 0.751. The summed E-state index contributed by atoms with van der Waals surface area (Å²) in [6, 6.07) is 5.92. The Hall–Kier alpha value is -1.06. The molecule has 0 saturated heterocycles. The van der Waals surface area contributed by atoms with Gasteiger partial charge >= 0.3 is 0 Å². The van der Waals surface area contributed by atoms with E-state index in [2.05, 4.69) is 25.7 Å². The van der Waals surface area contributed by atoms with Crippen molar-refractivity contribution in [2.75, 3.05) is 20.2 Å². The van der Waals surface area contributed by atoms with Gasteiger partial charge in [0.1, 0.15) is 5.75 Å². The van der Waals surface area contributed by atoms with Crippen LogP contribution in [0.2, 0.25) is 0 Å². The van der Waals surface area contributed by atoms with Crippen molar-refractivity contribution in [2.24, 2.45) is 5.92 Å². The average molecular weight is 279 g/mol. The third-order valence-corrected chi connectivity index (χ3v) is 4.04. The summed E-state index contributed by atoms with van der Waals surface area (Å²) in [5, 5.41) is 9.28. The van der Waals surface area contributed by atoms with E-state index in [0.29, 0.717) is 0 Å². The molecule has 20 heavy (non-hydrogen) atoms. The van der Waals surface area contributed by atoms with Crippen LogP contribution in [0.4, 0.5) is 0 Å². The molecule has 1 N–H and O–H groups in total. The van der Waals surface area contributed by atoms with E-state index in [1.165, 1.54) is 12.8 Å². The number of aliphatic hydroxyl groups excluding tert-OH is 1. The highest BCUT2D eigenvalue weighted by Crippen LogP contribution is 2.22. The number of nitrogens with zero attached hydrogens (tertiary/aromatic N) is 1. The molecule has 0 aromatic heterocycles. The van der Waals surface area contributed by atoms with E-state index >= 15 is 0 Å². The lowest BCUT2D eigenvalue weighted by Gasteiger charge is -2.26. The fourth-order valence-electron chi connectivity index (χ4n) is 2.51. The predicted octanol–water partition coefficient (Wildman–Crippen LogP) is 3.45. The molecule has 3 heteroatoms. The van der Waals surface area contributed by atoms with Crippen LogP contribution in [0.15, 0.2) is 18.2 Å². The smallest absolute Gasteiger partial charge is 0.123 e. The molecule has 0 atom stereocenters. The Bertz CT molecular complexity index is 389. The third kappa shape index (κ3) is 4.80. The largest absolute Gasteiger partial charge is 0.496 e. The molecule has 0 radical (unpaired) electrons. The van der Waals surface area contributed by atoms with Gasteiger partial charge in [-0.15, -0.1) is 0 Å². The molecule has 0 heterocycles. The molecule has 0 bridgehead atoms. The first-order valence-corrected chi connectivity index (χ1v) is 7.67. The maximum Gasteiger partial charge on any atom is 0.123 e. The zero-order valence-corrected chi connectivity index (χ0v) is 13.4. The Morgan fingerprint density at radius 1 is 1.20 bits per heavy atom. The molecule has 0 saturated carbocycles. The van der Waals surface area contributed by atoms with Crippen molar-refractivity contribution >= 4 is 0 Å². The topological polar surface area (TPSA) is 32.7 Å². The number of aliphatic hydroxyl groups is 1. The van der Waals surface area contributed by atoms with E-state index in [1.807, 2.05) is 18.2 Å². The van der Waals surface area contributed by atoms with Gasteiger partial charge in [-0.25, -0.2) is 0 Å². The van der Waals surface area contributed by atoms with Gasteiger partial charge in [0, 0.05) is 18.7 Å². The van der Waals surface area contributed by atoms with Gasteiger partial charge in [-0.3, -0.25) is 4.90 Å². The normalized spacial score (nSPS) is 11.3. The van der Waals surface area contributed by atoms with Crippen molar-refractivity contribution in [1.29, 1.82) is 0 Å². The molecule has 0 aliphatic carbocycles. The number of hydrogen-bond donors (Lipinski definition) is 1. The number of hydrogen-bond acceptors (Lipinski definition) is 3. The van der Waals surface area contributed by atoms with Crippen molar-refractivity contribution in [3.8, 4) is 5.75 Å². The zero-order valence-electron chi connectivity index (χ0n) is 13.4. The van der Waals surface area contributed by atoms with Gasteiger partial charge in [0.05, 0.1) is 13.7 Å². The summed E-state index contributed by atoms with van der Waals surface area (Å²) in [5.41, 5.74) is 2.10. The van der Waals surface area contributed by atoms with Crippen molar-refractivity contribution in [3.63, 3.8) is 0 Å². The minimum Gasteiger partial charge on any atom is -0.496 e. The lowest BCUT2D eigenvalue weighted by atomic mass is 10.0. The average Bonchev–Trinajstić information content (AvgIpc) is 2.51. The number of ether oxygens (including phenoxy) is 1. The van der Waals surface area contributed by atoms with E-state index in [-0.39, 0.29) is 6.61 Å². The summed E-state index contributed by atoms with van der Waals surface area (Å²) >= 11 is 0. The summed E-state index contributed by atoms with van der Waals surface area (Å²) in [6.07, 6.45) is 2.45. The van der Waals surface area contributed by atoms with Crippen molar-refractivity contribution in [1.82, 2.24) is 4.90 Å². The second-order valence-electron chi connectivity index (χ2n) is 5.31. The number of methoxy groups -OCH3 is 1. The zero-order chi connectivity index (χ0) is 15.0. The minimum atomic E-state index is 0.0790. The Kier molecular flexibility index (Phi) is 7.63. The SMILES string of the molecule is CCC(CC)CN(CC)Cc1cc(CO)ccc1OC. The minimum absolute atomic E-state index is 0.0790. The molecule has 0 spiro atoms. The first-order chi connectivity index (χ1) is 9.68. The highest BCUT2D eigenvalue weighted by atomic mass is 16.5. The van der Waals surface area contributed by atoms with Crippen LogP contribution in [-0.4, -0.2) is 30.2 Å². The molecule has 0 unspecified atom stereocenters. The van der Waals surface area contributed by atoms with Gasteiger partial charge in [-0.2, -0.15) is 0 Å². The van der Waals surface area contributed by atoms with Crippen LogP contribution in [0.25, 0.3) is 0 Å². The molecule has 0 fully saturated rings. The lowest BCUT2D eigenvalue weighted by Crippen LogP contribution is -2.29. The van der Waals surface area contributed by atoms with Gasteiger partial charge in [0.15, 0.2) is 0 Å². The molecule has 1 aromatic rings. The molecule has 0 aliphatic heterocycles. The third-order valence-electron chi connectivity index (χ3n) is 4.04. The summed E-state index contributed by atoms with van der Waals surface area (Å²) in [5.74, 6) is 1.66. The molecular weight excluding hydrogens is 250 g/mol. The van der Waals surface area contributed by atoms with E-state index in [9.17, 15) is 5.11 Å². The number of rotatable bonds is 9. The summed E-state index contributed by atoms with van der Waals surface area (Å²) < 4.78 is 5.44. The number of benzene rings is 1. The maximum atomic E-state index is 9.28. The van der Waals surface area contributed by atoms with Crippen LogP contribution < -0.4 is 4.74 Å². The second kappa shape index (κ2) is 8.98. The molecule has 0 aliphatic rings. The van der Waals surface area contributed by atoms with Crippen LogP contribution in [0.3, 0.4) is 0 Å². The fourth-order valence-corrected chi connectivity index (χ4v) is 2.51. The lowest BCUT2D eigenvalue weighted by molar-refractivity contribution is 0.223. The van der Waals surface area contributed by atoms with E-state index in [0.717, 1.165) is 42.4 Å². The van der Waals surface area contributed by atoms with Gasteiger partial charge in [0.2, 0.25) is 0 Å². The van der Waals surface area contributed by atoms with Crippen LogP contribution >= 0.6 is 0 Å². The van der Waals surface area contributed by atoms with Gasteiger partial charge < -0.3 is 9.84 Å². The molecule has 1 aromatic carbocycles. The molecule has 3 nitrogen and oxygen atoms in total. The first kappa shape index (κ1) is 17.0. The second-order valence-corrected chi connectivity index (χ2v) is 5.31. The highest BCUT2D eigenvalue weighted by Gasteiger charge is 2.13. The monoisotopic (exact) mass is 279 g/mol. The van der Waals surface area contributed by atoms with Gasteiger partial charge in [0.25, 0.3) is 0 Å². The fraction of sp³-hybridized carbons (Fsp3) is 0.647. The molecule has 0 amide bonds. The summed E-state index contributed by atoms with van der Waals surface area (Å²) in [7, 11) is 1.70. The molecule has 1 rings (SSSR count). The van der Waals surface area contributed by atoms with Crippen LogP contribution in [0.5, 0.6) is 5.75 Å². The first-order valence-electron chi connectivity index (χ1n) is 7.67. The summed E-state index contributed by atoms with van der Waals surface area (Å²) in [4.78, 5) is 2.46. The van der Waals surface area contributed by atoms with E-state index in [4.69, 9.17) is 4.74 Å². The van der Waals surface area contributed by atoms with Crippen molar-refractivity contribution < 1.29 is 9.84 Å². The van der Waals surface area contributed by atoms with E-state index in [1.54, 1.807) is 7.11 Å². The summed E-state index contributed by atoms with van der Waals surface area (Å²) in [6.45, 7) is 9.83. The highest BCUT2D eigenvalue weighted by molar-refractivity contribution is 5.37. The van der Waals surface area contributed by atoms with Crippen LogP contribution in [0.1, 0.15) is 44.7 Å². The van der Waals surface area contributed by atoms with Gasteiger partial charge in [-0.05, 0) is 30.2 Å². The van der Waals surface area contributed by atoms with E-state index < -0.39 is 0 Å². The molecular formula is C17H29NO2. The Balaban J connectivity index is 2.82.